The zero-order chi connectivity index (χ0) is 7.56. The van der Waals surface area contributed by atoms with Crippen molar-refractivity contribution in [3.8, 4) is 0 Å². The summed E-state index contributed by atoms with van der Waals surface area (Å²) in [5.74, 6) is -0.329. The molecule has 0 fully saturated rings. The van der Waals surface area contributed by atoms with Crippen LogP contribution in [0, 0.1) is 12.7 Å². The molecule has 1 aromatic carbocycles. The van der Waals surface area contributed by atoms with Crippen molar-refractivity contribution < 1.29 is 10.6 Å². The highest BCUT2D eigenvalue weighted by atomic mass is 19.1. The third-order valence-electron chi connectivity index (χ3n) is 1.44. The summed E-state index contributed by atoms with van der Waals surface area (Å²) in [5, 5.41) is 0. The van der Waals surface area contributed by atoms with Gasteiger partial charge >= 0.3 is 0 Å². The number of rotatable bonds is 1. The van der Waals surface area contributed by atoms with Gasteiger partial charge in [-0.15, -0.1) is 0 Å². The molecule has 0 atom stereocenters. The standard InChI is InChI=1S/C8H7FO.H2/c1-6-7(5-10)3-2-4-8(6)9;/h2-5H,1H3;1H/i;1+1. The van der Waals surface area contributed by atoms with Crippen LogP contribution in [0.25, 0.3) is 0 Å². The van der Waals surface area contributed by atoms with Crippen LogP contribution < -0.4 is 0 Å². The van der Waals surface area contributed by atoms with E-state index in [-0.39, 0.29) is 7.24 Å². The van der Waals surface area contributed by atoms with Crippen LogP contribution in [0.15, 0.2) is 18.2 Å². The van der Waals surface area contributed by atoms with Gasteiger partial charge in [-0.1, -0.05) is 12.1 Å². The van der Waals surface area contributed by atoms with E-state index in [9.17, 15) is 9.18 Å². The minimum atomic E-state index is -0.329. The summed E-state index contributed by atoms with van der Waals surface area (Å²) in [4.78, 5) is 10.2. The third-order valence-corrected chi connectivity index (χ3v) is 1.44. The van der Waals surface area contributed by atoms with Crippen LogP contribution in [0.2, 0.25) is 0 Å². The number of hydrogen-bond acceptors (Lipinski definition) is 1. The van der Waals surface area contributed by atoms with Gasteiger partial charge in [0.2, 0.25) is 0 Å². The molecule has 0 aliphatic rings. The van der Waals surface area contributed by atoms with Crippen molar-refractivity contribution in [3.05, 3.63) is 35.1 Å². The van der Waals surface area contributed by atoms with Crippen LogP contribution >= 0.6 is 0 Å². The van der Waals surface area contributed by atoms with Crippen LogP contribution in [0.1, 0.15) is 17.3 Å². The average molecular weight is 141 g/mol. The Balaban J connectivity index is 0.000001000. The fraction of sp³-hybridized carbons (Fsp3) is 0.125. The van der Waals surface area contributed by atoms with Gasteiger partial charge < -0.3 is 0 Å². The topological polar surface area (TPSA) is 17.1 Å². The molecule has 0 radical (unpaired) electrons. The first-order valence-electron chi connectivity index (χ1n) is 2.96. The highest BCUT2D eigenvalue weighted by Gasteiger charge is 1.99. The summed E-state index contributed by atoms with van der Waals surface area (Å²) in [5.41, 5.74) is 0.831. The minimum Gasteiger partial charge on any atom is -0.298 e. The molecule has 0 saturated carbocycles. The Morgan fingerprint density at radius 1 is 1.60 bits per heavy atom. The van der Waals surface area contributed by atoms with Gasteiger partial charge in [0.25, 0.3) is 0 Å². The quantitative estimate of drug-likeness (QED) is 0.548. The number of aldehydes is 1. The van der Waals surface area contributed by atoms with Gasteiger partial charge in [-0.25, -0.2) is 4.39 Å². The van der Waals surface area contributed by atoms with Crippen LogP contribution in [-0.2, 0) is 0 Å². The number of carbonyl (C=O) groups excluding carboxylic acids is 1. The largest absolute Gasteiger partial charge is 0.298 e. The van der Waals surface area contributed by atoms with Crippen molar-refractivity contribution in [2.75, 3.05) is 0 Å². The minimum absolute atomic E-state index is 0. The van der Waals surface area contributed by atoms with Gasteiger partial charge in [-0.05, 0) is 18.6 Å². The van der Waals surface area contributed by atoms with Gasteiger partial charge in [0.05, 0.1) is 0 Å². The number of carbonyl (C=O) groups is 1. The van der Waals surface area contributed by atoms with Gasteiger partial charge in [0.1, 0.15) is 12.1 Å². The summed E-state index contributed by atoms with van der Waals surface area (Å²) in [6.45, 7) is 1.58. The van der Waals surface area contributed by atoms with E-state index in [1.54, 1.807) is 13.0 Å². The summed E-state index contributed by atoms with van der Waals surface area (Å²) in [6, 6.07) is 4.44. The van der Waals surface area contributed by atoms with Crippen LogP contribution in [0.4, 0.5) is 4.39 Å². The molecule has 0 aliphatic heterocycles. The molecule has 0 heterocycles. The van der Waals surface area contributed by atoms with Crippen LogP contribution in [0.3, 0.4) is 0 Å². The highest BCUT2D eigenvalue weighted by Crippen LogP contribution is 2.08. The van der Waals surface area contributed by atoms with E-state index < -0.39 is 0 Å². The zero-order valence-corrected chi connectivity index (χ0v) is 5.60. The number of hydrogen-bond donors (Lipinski definition) is 0. The molecule has 0 aliphatic carbocycles. The molecule has 0 spiro atoms. The molecule has 0 unspecified atom stereocenters. The van der Waals surface area contributed by atoms with Crippen molar-refractivity contribution >= 4 is 6.29 Å². The van der Waals surface area contributed by atoms with Crippen molar-refractivity contribution in [2.24, 2.45) is 0 Å². The lowest BCUT2D eigenvalue weighted by atomic mass is 10.1. The average Bonchev–Trinajstić information content (AvgIpc) is 1.95. The fourth-order valence-corrected chi connectivity index (χ4v) is 0.752. The van der Waals surface area contributed by atoms with E-state index in [2.05, 4.69) is 0 Å². The second-order valence-electron chi connectivity index (χ2n) is 2.07. The van der Waals surface area contributed by atoms with Crippen molar-refractivity contribution in [1.82, 2.24) is 0 Å². The predicted molar refractivity (Wildman–Crippen MR) is 38.6 cm³/mol. The number of halogens is 1. The lowest BCUT2D eigenvalue weighted by Crippen LogP contribution is -1.88. The molecule has 0 saturated heterocycles. The second kappa shape index (κ2) is 2.60. The van der Waals surface area contributed by atoms with E-state index in [4.69, 9.17) is 0 Å². The van der Waals surface area contributed by atoms with Gasteiger partial charge in [0, 0.05) is 6.99 Å². The summed E-state index contributed by atoms with van der Waals surface area (Å²) >= 11 is 0. The van der Waals surface area contributed by atoms with E-state index in [0.717, 1.165) is 0 Å². The number of benzene rings is 1. The molecule has 10 heavy (non-hydrogen) atoms. The van der Waals surface area contributed by atoms with Crippen molar-refractivity contribution in [2.45, 2.75) is 6.92 Å². The smallest absolute Gasteiger partial charge is 0.150 e. The normalized spacial score (nSPS) is 9.40. The molecule has 2 heteroatoms. The van der Waals surface area contributed by atoms with Gasteiger partial charge in [0.15, 0.2) is 0 Å². The first-order chi connectivity index (χ1) is 4.75. The highest BCUT2D eigenvalue weighted by molar-refractivity contribution is 5.76. The Morgan fingerprint density at radius 3 is 2.80 bits per heavy atom. The van der Waals surface area contributed by atoms with Crippen molar-refractivity contribution in [1.29, 1.82) is 0 Å². The SMILES string of the molecule is Cc1c(F)cccc1C=O.[2HH]. The summed E-state index contributed by atoms with van der Waals surface area (Å²) < 4.78 is 12.6. The zero-order valence-electron chi connectivity index (χ0n) is 5.60. The Morgan fingerprint density at radius 2 is 2.30 bits per heavy atom. The molecule has 54 valence electrons. The van der Waals surface area contributed by atoms with Gasteiger partial charge in [-0.2, -0.15) is 0 Å². The Bertz CT molecular complexity index is 260. The predicted octanol–water partition coefficient (Wildman–Crippen LogP) is 2.19. The molecule has 0 N–H and O–H groups in total. The second-order valence-corrected chi connectivity index (χ2v) is 2.07. The third kappa shape index (κ3) is 1.05. The molecule has 1 nitrogen and oxygen atoms in total. The monoisotopic (exact) mass is 141 g/mol. The Hall–Kier alpha value is -1.18. The van der Waals surface area contributed by atoms with Crippen LogP contribution in [0.5, 0.6) is 0 Å². The maximum Gasteiger partial charge on any atom is 0.150 e. The maximum absolute atomic E-state index is 12.6. The van der Waals surface area contributed by atoms with E-state index >= 15 is 0 Å². The summed E-state index contributed by atoms with van der Waals surface area (Å²) in [7, 11) is 0. The lowest BCUT2D eigenvalue weighted by molar-refractivity contribution is 0.112. The first-order valence-corrected chi connectivity index (χ1v) is 2.96. The van der Waals surface area contributed by atoms with Gasteiger partial charge in [-0.3, -0.25) is 4.79 Å². The molecular weight excluding hydrogens is 131 g/mol. The molecule has 0 amide bonds. The molecule has 0 bridgehead atoms. The summed E-state index contributed by atoms with van der Waals surface area (Å²) in [6.07, 6.45) is 0.651. The molecule has 0 aromatic heterocycles. The molecular formula is C8H9FO. The van der Waals surface area contributed by atoms with E-state index in [0.29, 0.717) is 17.4 Å². The van der Waals surface area contributed by atoms with E-state index in [1.165, 1.54) is 12.1 Å². The Kier molecular flexibility index (Phi) is 1.81. The molecule has 1 aromatic rings. The van der Waals surface area contributed by atoms with Crippen LogP contribution in [-0.4, -0.2) is 6.29 Å². The Labute approximate surface area is 60.0 Å². The lowest BCUT2D eigenvalue weighted by Gasteiger charge is -1.96. The maximum atomic E-state index is 12.6. The van der Waals surface area contributed by atoms with Crippen molar-refractivity contribution in [3.63, 3.8) is 0 Å². The van der Waals surface area contributed by atoms with E-state index in [1.807, 2.05) is 0 Å². The molecule has 1 rings (SSSR count). The fourth-order valence-electron chi connectivity index (χ4n) is 0.752. The first kappa shape index (κ1) is 6.93.